The molecule has 0 saturated carbocycles. The molecule has 20 heavy (non-hydrogen) atoms. The molecule has 0 aliphatic carbocycles. The first-order chi connectivity index (χ1) is 8.99. The Bertz CT molecular complexity index is 459. The predicted molar refractivity (Wildman–Crippen MR) is 75.1 cm³/mol. The van der Waals surface area contributed by atoms with Gasteiger partial charge in [0.1, 0.15) is 11.0 Å². The highest BCUT2D eigenvalue weighted by Crippen LogP contribution is 2.32. The largest absolute Gasteiger partial charge is 0.416 e. The summed E-state index contributed by atoms with van der Waals surface area (Å²) in [5.74, 6) is 0.136. The van der Waals surface area contributed by atoms with Gasteiger partial charge in [0.2, 0.25) is 0 Å². The molecule has 1 heterocycles. The van der Waals surface area contributed by atoms with Crippen LogP contribution in [0.15, 0.2) is 12.1 Å². The van der Waals surface area contributed by atoms with Crippen molar-refractivity contribution in [1.29, 1.82) is 0 Å². The third kappa shape index (κ3) is 5.54. The van der Waals surface area contributed by atoms with E-state index in [0.717, 1.165) is 18.7 Å². The van der Waals surface area contributed by atoms with Crippen LogP contribution in [-0.4, -0.2) is 37.1 Å². The average molecular weight is 310 g/mol. The second-order valence-electron chi connectivity index (χ2n) is 5.82. The first kappa shape index (κ1) is 17.0. The minimum absolute atomic E-state index is 0.105. The van der Waals surface area contributed by atoms with Gasteiger partial charge in [-0.15, -0.1) is 0 Å². The normalized spacial score (nSPS) is 12.8. The second-order valence-corrected chi connectivity index (χ2v) is 6.20. The predicted octanol–water partition coefficient (Wildman–Crippen LogP) is 3.75. The maximum Gasteiger partial charge on any atom is 0.416 e. The van der Waals surface area contributed by atoms with Crippen LogP contribution in [0.3, 0.4) is 0 Å². The average Bonchev–Trinajstić information content (AvgIpc) is 2.23. The lowest BCUT2D eigenvalue weighted by atomic mass is 9.93. The van der Waals surface area contributed by atoms with E-state index in [1.165, 1.54) is 0 Å². The van der Waals surface area contributed by atoms with Crippen molar-refractivity contribution in [1.82, 2.24) is 9.88 Å². The van der Waals surface area contributed by atoms with Gasteiger partial charge in [-0.25, -0.2) is 4.98 Å². The maximum atomic E-state index is 12.7. The number of halogens is 4. The molecule has 0 saturated heterocycles. The number of hydrogen-bond acceptors (Lipinski definition) is 3. The highest BCUT2D eigenvalue weighted by Gasteiger charge is 2.31. The van der Waals surface area contributed by atoms with Gasteiger partial charge in [-0.2, -0.15) is 13.2 Å². The molecule has 1 aromatic rings. The smallest absolute Gasteiger partial charge is 0.369 e. The summed E-state index contributed by atoms with van der Waals surface area (Å²) < 4.78 is 38.0. The molecule has 0 fully saturated rings. The standard InChI is InChI=1S/C13H19ClF3N3/c1-12(2,8-20(3)4)7-18-11-6-9(13(15,16)17)5-10(14)19-11/h5-6H,7-8H2,1-4H3,(H,18,19). The molecule has 7 heteroatoms. The lowest BCUT2D eigenvalue weighted by Crippen LogP contribution is -2.34. The quantitative estimate of drug-likeness (QED) is 0.840. The Labute approximate surface area is 122 Å². The molecule has 3 nitrogen and oxygen atoms in total. The Hall–Kier alpha value is -1.01. The molecule has 0 atom stereocenters. The van der Waals surface area contributed by atoms with Gasteiger partial charge in [-0.05, 0) is 31.6 Å². The van der Waals surface area contributed by atoms with Crippen LogP contribution in [-0.2, 0) is 6.18 Å². The van der Waals surface area contributed by atoms with Gasteiger partial charge in [0, 0.05) is 13.1 Å². The highest BCUT2D eigenvalue weighted by molar-refractivity contribution is 6.29. The summed E-state index contributed by atoms with van der Waals surface area (Å²) in [6, 6.07) is 1.79. The van der Waals surface area contributed by atoms with E-state index in [9.17, 15) is 13.2 Å². The van der Waals surface area contributed by atoms with Gasteiger partial charge in [-0.3, -0.25) is 0 Å². The van der Waals surface area contributed by atoms with Crippen LogP contribution in [0, 0.1) is 5.41 Å². The lowest BCUT2D eigenvalue weighted by molar-refractivity contribution is -0.137. The van der Waals surface area contributed by atoms with Crippen LogP contribution >= 0.6 is 11.6 Å². The molecule has 0 amide bonds. The zero-order chi connectivity index (χ0) is 15.6. The van der Waals surface area contributed by atoms with Crippen LogP contribution in [0.5, 0.6) is 0 Å². The third-order valence-corrected chi connectivity index (χ3v) is 2.81. The van der Waals surface area contributed by atoms with Gasteiger partial charge in [0.25, 0.3) is 0 Å². The fraction of sp³-hybridized carbons (Fsp3) is 0.615. The minimum Gasteiger partial charge on any atom is -0.369 e. The Balaban J connectivity index is 2.81. The van der Waals surface area contributed by atoms with Crippen molar-refractivity contribution in [2.75, 3.05) is 32.5 Å². The number of pyridine rings is 1. The molecule has 1 rings (SSSR count). The van der Waals surface area contributed by atoms with E-state index in [2.05, 4.69) is 10.3 Å². The molecule has 1 aromatic heterocycles. The first-order valence-corrected chi connectivity index (χ1v) is 6.51. The molecule has 0 spiro atoms. The van der Waals surface area contributed by atoms with Crippen molar-refractivity contribution >= 4 is 17.4 Å². The molecule has 1 N–H and O–H groups in total. The zero-order valence-electron chi connectivity index (χ0n) is 12.0. The summed E-state index contributed by atoms with van der Waals surface area (Å²) in [5, 5.41) is 2.75. The van der Waals surface area contributed by atoms with E-state index in [0.29, 0.717) is 6.54 Å². The number of anilines is 1. The number of alkyl halides is 3. The highest BCUT2D eigenvalue weighted by atomic mass is 35.5. The fourth-order valence-electron chi connectivity index (χ4n) is 1.99. The van der Waals surface area contributed by atoms with Gasteiger partial charge >= 0.3 is 6.18 Å². The van der Waals surface area contributed by atoms with Crippen molar-refractivity contribution in [2.24, 2.45) is 5.41 Å². The van der Waals surface area contributed by atoms with Crippen molar-refractivity contribution in [3.63, 3.8) is 0 Å². The summed E-state index contributed by atoms with van der Waals surface area (Å²) in [4.78, 5) is 5.89. The maximum absolute atomic E-state index is 12.7. The van der Waals surface area contributed by atoms with E-state index in [-0.39, 0.29) is 16.4 Å². The Kier molecular flexibility index (Phi) is 5.27. The Morgan fingerprint density at radius 2 is 1.85 bits per heavy atom. The number of nitrogens with zero attached hydrogens (tertiary/aromatic N) is 2. The summed E-state index contributed by atoms with van der Waals surface area (Å²) in [7, 11) is 3.89. The molecule has 0 aliphatic heterocycles. The van der Waals surface area contributed by atoms with Gasteiger partial charge in [0.05, 0.1) is 5.56 Å². The SMILES string of the molecule is CN(C)CC(C)(C)CNc1cc(C(F)(F)F)cc(Cl)n1. The van der Waals surface area contributed by atoms with Crippen molar-refractivity contribution in [2.45, 2.75) is 20.0 Å². The fourth-order valence-corrected chi connectivity index (χ4v) is 2.20. The van der Waals surface area contributed by atoms with Gasteiger partial charge in [-0.1, -0.05) is 25.4 Å². The monoisotopic (exact) mass is 309 g/mol. The molecule has 114 valence electrons. The first-order valence-electron chi connectivity index (χ1n) is 6.13. The van der Waals surface area contributed by atoms with Crippen molar-refractivity contribution < 1.29 is 13.2 Å². The summed E-state index contributed by atoms with van der Waals surface area (Å²) in [5.41, 5.74) is -0.906. The van der Waals surface area contributed by atoms with Crippen LogP contribution in [0.1, 0.15) is 19.4 Å². The van der Waals surface area contributed by atoms with Crippen molar-refractivity contribution in [3.8, 4) is 0 Å². The zero-order valence-corrected chi connectivity index (χ0v) is 12.7. The Morgan fingerprint density at radius 1 is 1.25 bits per heavy atom. The molecule has 0 aromatic carbocycles. The van der Waals surface area contributed by atoms with Crippen LogP contribution in [0.25, 0.3) is 0 Å². The van der Waals surface area contributed by atoms with Crippen molar-refractivity contribution in [3.05, 3.63) is 22.8 Å². The number of aromatic nitrogens is 1. The van der Waals surface area contributed by atoms with E-state index >= 15 is 0 Å². The summed E-state index contributed by atoms with van der Waals surface area (Å²) in [6.45, 7) is 5.34. The van der Waals surface area contributed by atoms with E-state index in [4.69, 9.17) is 11.6 Å². The number of rotatable bonds is 5. The molecule has 0 bridgehead atoms. The van der Waals surface area contributed by atoms with Gasteiger partial charge < -0.3 is 10.2 Å². The number of hydrogen-bond donors (Lipinski definition) is 1. The molecule has 0 unspecified atom stereocenters. The van der Waals surface area contributed by atoms with E-state index in [1.807, 2.05) is 32.8 Å². The van der Waals surface area contributed by atoms with E-state index in [1.54, 1.807) is 0 Å². The number of nitrogens with one attached hydrogen (secondary N) is 1. The van der Waals surface area contributed by atoms with Crippen LogP contribution in [0.2, 0.25) is 5.15 Å². The van der Waals surface area contributed by atoms with Crippen LogP contribution in [0.4, 0.5) is 19.0 Å². The summed E-state index contributed by atoms with van der Waals surface area (Å²) in [6.07, 6.45) is -4.43. The second kappa shape index (κ2) is 6.18. The third-order valence-electron chi connectivity index (χ3n) is 2.61. The molecular weight excluding hydrogens is 291 g/mol. The Morgan fingerprint density at radius 3 is 2.35 bits per heavy atom. The topological polar surface area (TPSA) is 28.2 Å². The summed E-state index contributed by atoms with van der Waals surface area (Å²) >= 11 is 5.63. The minimum atomic E-state index is -4.43. The van der Waals surface area contributed by atoms with Gasteiger partial charge in [0.15, 0.2) is 0 Å². The lowest BCUT2D eigenvalue weighted by Gasteiger charge is -2.28. The molecule has 0 radical (unpaired) electrons. The molecule has 0 aliphatic rings. The van der Waals surface area contributed by atoms with Crippen LogP contribution < -0.4 is 5.32 Å². The molecular formula is C13H19ClF3N3. The van der Waals surface area contributed by atoms with E-state index < -0.39 is 11.7 Å².